The second kappa shape index (κ2) is 11.0. The number of rotatable bonds is 7. The molecule has 1 amide bonds. The molecule has 1 heterocycles. The Morgan fingerprint density at radius 1 is 1.29 bits per heavy atom. The number of alkyl halides is 1. The highest BCUT2D eigenvalue weighted by Gasteiger charge is 2.37. The molecule has 0 aliphatic carbocycles. The molecule has 2 aromatic carbocycles. The van der Waals surface area contributed by atoms with Crippen LogP contribution in [0.5, 0.6) is 5.75 Å². The van der Waals surface area contributed by atoms with Gasteiger partial charge in [0.2, 0.25) is 0 Å². The maximum atomic E-state index is 13.2. The van der Waals surface area contributed by atoms with Crippen molar-refractivity contribution < 1.29 is 19.4 Å². The predicted octanol–water partition coefficient (Wildman–Crippen LogP) is 5.34. The van der Waals surface area contributed by atoms with Gasteiger partial charge < -0.3 is 14.7 Å². The quantitative estimate of drug-likeness (QED) is 0.188. The number of nitrogens with zero attached hydrogens (tertiary/aromatic N) is 1. The fourth-order valence-electron chi connectivity index (χ4n) is 3.52. The van der Waals surface area contributed by atoms with Crippen molar-refractivity contribution in [2.24, 2.45) is 0 Å². The van der Waals surface area contributed by atoms with Crippen LogP contribution >= 0.6 is 56.8 Å². The van der Waals surface area contributed by atoms with Crippen molar-refractivity contribution in [3.05, 3.63) is 65.8 Å². The molecule has 0 bridgehead atoms. The molecule has 1 N–H and O–H groups in total. The number of benzene rings is 2. The Hall–Kier alpha value is -1.33. The van der Waals surface area contributed by atoms with Gasteiger partial charge >= 0.3 is 5.97 Å². The van der Waals surface area contributed by atoms with Gasteiger partial charge in [0, 0.05) is 24.4 Å². The topological polar surface area (TPSA) is 66.8 Å². The Morgan fingerprint density at radius 2 is 2.00 bits per heavy atom. The van der Waals surface area contributed by atoms with Crippen LogP contribution in [0.3, 0.4) is 0 Å². The van der Waals surface area contributed by atoms with E-state index < -0.39 is 12.0 Å². The first kappa shape index (κ1) is 24.3. The normalized spacial score (nSPS) is 16.1. The van der Waals surface area contributed by atoms with Crippen LogP contribution in [-0.2, 0) is 22.6 Å². The first-order valence-corrected chi connectivity index (χ1v) is 12.5. The highest BCUT2D eigenvalue weighted by Crippen LogP contribution is 2.37. The van der Waals surface area contributed by atoms with E-state index in [9.17, 15) is 14.7 Å². The summed E-state index contributed by atoms with van der Waals surface area (Å²) >= 11 is 10.2. The van der Waals surface area contributed by atoms with E-state index in [0.717, 1.165) is 36.0 Å². The molecule has 0 fully saturated rings. The molecule has 0 saturated carbocycles. The number of carbonyl (C=O) groups is 2. The average molecular weight is 666 g/mol. The second-order valence-corrected chi connectivity index (χ2v) is 9.88. The van der Waals surface area contributed by atoms with Crippen LogP contribution in [0.25, 0.3) is 6.08 Å². The molecule has 1 aliphatic rings. The maximum Gasteiger partial charge on any atom is 0.326 e. The fraction of sp³-hybridized carbons (Fsp3) is 0.304. The standard InChI is InChI=1S/C23H22ClI2NO4/c1-14(10-15-6-3-2-4-7-15)22(28)27-13-17-16(12-19(27)23(29)30)11-18(25)21(20(17)26)31-9-5-8-24/h2-4,6-7,10-11,19H,5,8-9,12-13H2,1H3,(H,29,30)/b14-10+/t19-/m0/s1. The molecule has 0 saturated heterocycles. The SMILES string of the molecule is C/C(=C\c1ccccc1)C(=O)N1Cc2c(cc(I)c(OCCCCl)c2I)C[C@H]1C(=O)O. The molecular formula is C23H22ClI2NO4. The summed E-state index contributed by atoms with van der Waals surface area (Å²) in [5.41, 5.74) is 3.29. The van der Waals surface area contributed by atoms with Crippen LogP contribution in [-0.4, -0.2) is 40.4 Å². The lowest BCUT2D eigenvalue weighted by Gasteiger charge is -2.35. The third-order valence-corrected chi connectivity index (χ3v) is 7.29. The summed E-state index contributed by atoms with van der Waals surface area (Å²) in [6, 6.07) is 10.6. The number of hydrogen-bond donors (Lipinski definition) is 1. The number of hydrogen-bond acceptors (Lipinski definition) is 3. The Balaban J connectivity index is 1.94. The van der Waals surface area contributed by atoms with Crippen LogP contribution in [0.15, 0.2) is 42.0 Å². The summed E-state index contributed by atoms with van der Waals surface area (Å²) in [5.74, 6) is 0.0101. The van der Waals surface area contributed by atoms with Crippen LogP contribution in [0, 0.1) is 7.14 Å². The third kappa shape index (κ3) is 5.73. The van der Waals surface area contributed by atoms with Gasteiger partial charge in [0.25, 0.3) is 5.91 Å². The Labute approximate surface area is 214 Å². The molecule has 5 nitrogen and oxygen atoms in total. The third-order valence-electron chi connectivity index (χ3n) is 5.08. The molecule has 0 spiro atoms. The van der Waals surface area contributed by atoms with Gasteiger partial charge in [-0.3, -0.25) is 4.79 Å². The molecule has 0 unspecified atom stereocenters. The number of halogens is 3. The molecule has 1 aliphatic heterocycles. The van der Waals surface area contributed by atoms with Crippen molar-refractivity contribution in [2.75, 3.05) is 12.5 Å². The van der Waals surface area contributed by atoms with Gasteiger partial charge in [-0.2, -0.15) is 0 Å². The minimum Gasteiger partial charge on any atom is -0.491 e. The Kier molecular flexibility index (Phi) is 8.63. The summed E-state index contributed by atoms with van der Waals surface area (Å²) in [6.07, 6.45) is 2.79. The van der Waals surface area contributed by atoms with Crippen molar-refractivity contribution in [3.8, 4) is 5.75 Å². The molecule has 8 heteroatoms. The van der Waals surface area contributed by atoms with E-state index >= 15 is 0 Å². The molecular weight excluding hydrogens is 644 g/mol. The highest BCUT2D eigenvalue weighted by atomic mass is 127. The Bertz CT molecular complexity index is 1010. The van der Waals surface area contributed by atoms with Crippen LogP contribution < -0.4 is 4.74 Å². The van der Waals surface area contributed by atoms with Crippen molar-refractivity contribution in [1.29, 1.82) is 0 Å². The molecule has 164 valence electrons. The zero-order valence-electron chi connectivity index (χ0n) is 16.9. The summed E-state index contributed by atoms with van der Waals surface area (Å²) in [7, 11) is 0. The number of carboxylic acids is 1. The largest absolute Gasteiger partial charge is 0.491 e. The van der Waals surface area contributed by atoms with Gasteiger partial charge in [-0.05, 0) is 87.4 Å². The van der Waals surface area contributed by atoms with Gasteiger partial charge in [-0.1, -0.05) is 30.3 Å². The van der Waals surface area contributed by atoms with Crippen LogP contribution in [0.1, 0.15) is 30.0 Å². The lowest BCUT2D eigenvalue weighted by atomic mass is 9.93. The molecule has 0 aromatic heterocycles. The smallest absolute Gasteiger partial charge is 0.326 e. The van der Waals surface area contributed by atoms with Gasteiger partial charge in [0.05, 0.1) is 13.7 Å². The lowest BCUT2D eigenvalue weighted by molar-refractivity contribution is -0.149. The minimum absolute atomic E-state index is 0.228. The fourth-order valence-corrected chi connectivity index (χ4v) is 5.91. The average Bonchev–Trinajstić information content (AvgIpc) is 2.75. The molecule has 0 radical (unpaired) electrons. The monoisotopic (exact) mass is 665 g/mol. The van der Waals surface area contributed by atoms with Gasteiger partial charge in [-0.25, -0.2) is 4.79 Å². The summed E-state index contributed by atoms with van der Waals surface area (Å²) < 4.78 is 7.79. The molecule has 3 rings (SSSR count). The molecule has 2 aromatic rings. The van der Waals surface area contributed by atoms with E-state index in [4.69, 9.17) is 16.3 Å². The van der Waals surface area contributed by atoms with Crippen molar-refractivity contribution in [3.63, 3.8) is 0 Å². The lowest BCUT2D eigenvalue weighted by Crippen LogP contribution is -2.49. The summed E-state index contributed by atoms with van der Waals surface area (Å²) in [4.78, 5) is 26.7. The van der Waals surface area contributed by atoms with Gasteiger partial charge in [0.15, 0.2) is 0 Å². The number of carboxylic acid groups (broad SMARTS) is 1. The van der Waals surface area contributed by atoms with Crippen molar-refractivity contribution in [2.45, 2.75) is 32.4 Å². The van der Waals surface area contributed by atoms with Crippen molar-refractivity contribution >= 4 is 74.7 Å². The van der Waals surface area contributed by atoms with Gasteiger partial charge in [-0.15, -0.1) is 11.6 Å². The van der Waals surface area contributed by atoms with E-state index in [1.54, 1.807) is 13.0 Å². The van der Waals surface area contributed by atoms with E-state index in [1.807, 2.05) is 36.4 Å². The number of fused-ring (bicyclic) bond motifs is 1. The van der Waals surface area contributed by atoms with E-state index in [-0.39, 0.29) is 18.9 Å². The van der Waals surface area contributed by atoms with Crippen molar-refractivity contribution in [1.82, 2.24) is 4.90 Å². The first-order chi connectivity index (χ1) is 14.8. The van der Waals surface area contributed by atoms with E-state index in [2.05, 4.69) is 45.2 Å². The van der Waals surface area contributed by atoms with Gasteiger partial charge in [0.1, 0.15) is 11.8 Å². The maximum absolute atomic E-state index is 13.2. The summed E-state index contributed by atoms with van der Waals surface area (Å²) in [5, 5.41) is 9.84. The first-order valence-electron chi connectivity index (χ1n) is 9.79. The van der Waals surface area contributed by atoms with E-state index in [1.165, 1.54) is 4.90 Å². The molecule has 31 heavy (non-hydrogen) atoms. The highest BCUT2D eigenvalue weighted by molar-refractivity contribution is 14.1. The zero-order chi connectivity index (χ0) is 22.5. The minimum atomic E-state index is -1.00. The second-order valence-electron chi connectivity index (χ2n) is 7.26. The number of ether oxygens (including phenoxy) is 1. The zero-order valence-corrected chi connectivity index (χ0v) is 22.0. The number of aliphatic carboxylic acids is 1. The van der Waals surface area contributed by atoms with Crippen LogP contribution in [0.4, 0.5) is 0 Å². The van der Waals surface area contributed by atoms with Crippen LogP contribution in [0.2, 0.25) is 0 Å². The Morgan fingerprint density at radius 3 is 2.65 bits per heavy atom. The molecule has 1 atom stereocenters. The summed E-state index contributed by atoms with van der Waals surface area (Å²) in [6.45, 7) is 2.46. The van der Waals surface area contributed by atoms with E-state index in [0.29, 0.717) is 18.1 Å². The number of carbonyl (C=O) groups excluding carboxylic acids is 1. The predicted molar refractivity (Wildman–Crippen MR) is 138 cm³/mol. The number of amides is 1.